The van der Waals surface area contributed by atoms with Gasteiger partial charge < -0.3 is 10.3 Å². The highest BCUT2D eigenvalue weighted by molar-refractivity contribution is 5.95. The lowest BCUT2D eigenvalue weighted by molar-refractivity contribution is 0.0950. The number of H-pyrrole nitrogens is 1. The van der Waals surface area contributed by atoms with Crippen molar-refractivity contribution in [3.8, 4) is 11.1 Å². The molecule has 0 aliphatic rings. The molecule has 1 heterocycles. The molecule has 1 amide bonds. The molecule has 5 nitrogen and oxygen atoms in total. The summed E-state index contributed by atoms with van der Waals surface area (Å²) in [5, 5.41) is 2.78. The van der Waals surface area contributed by atoms with Crippen LogP contribution >= 0.6 is 0 Å². The van der Waals surface area contributed by atoms with Gasteiger partial charge >= 0.3 is 0 Å². The van der Waals surface area contributed by atoms with Crippen LogP contribution < -0.4 is 10.9 Å². The summed E-state index contributed by atoms with van der Waals surface area (Å²) < 4.78 is 0. The van der Waals surface area contributed by atoms with Crippen LogP contribution in [-0.2, 0) is 6.54 Å². The Kier molecular flexibility index (Phi) is 4.52. The highest BCUT2D eigenvalue weighted by Crippen LogP contribution is 2.21. The number of amides is 1. The molecular weight excluding hydrogens is 302 g/mol. The smallest absolute Gasteiger partial charge is 0.251 e. The molecule has 3 aromatic rings. The van der Waals surface area contributed by atoms with Crippen LogP contribution in [0.25, 0.3) is 11.1 Å². The molecule has 1 aromatic heterocycles. The lowest BCUT2D eigenvalue weighted by Gasteiger charge is -2.07. The van der Waals surface area contributed by atoms with Crippen LogP contribution in [0.2, 0.25) is 0 Å². The third-order valence-corrected chi connectivity index (χ3v) is 3.64. The fraction of sp³-hybridized carbons (Fsp3) is 0.105. The van der Waals surface area contributed by atoms with Gasteiger partial charge in [0.25, 0.3) is 11.5 Å². The second kappa shape index (κ2) is 6.91. The van der Waals surface area contributed by atoms with Crippen LogP contribution in [0.5, 0.6) is 0 Å². The minimum atomic E-state index is -0.240. The van der Waals surface area contributed by atoms with E-state index >= 15 is 0 Å². The van der Waals surface area contributed by atoms with E-state index in [4.69, 9.17) is 0 Å². The van der Waals surface area contributed by atoms with Gasteiger partial charge in [0, 0.05) is 11.6 Å². The van der Waals surface area contributed by atoms with Gasteiger partial charge in [-0.25, -0.2) is 4.98 Å². The van der Waals surface area contributed by atoms with E-state index in [1.54, 1.807) is 6.07 Å². The molecule has 24 heavy (non-hydrogen) atoms. The molecule has 0 fully saturated rings. The van der Waals surface area contributed by atoms with Crippen molar-refractivity contribution in [2.75, 3.05) is 0 Å². The zero-order valence-corrected chi connectivity index (χ0v) is 13.2. The van der Waals surface area contributed by atoms with Crippen molar-refractivity contribution in [2.45, 2.75) is 13.5 Å². The Bertz CT molecular complexity index is 931. The lowest BCUT2D eigenvalue weighted by atomic mass is 10.0. The Morgan fingerprint density at radius 2 is 1.83 bits per heavy atom. The third-order valence-electron chi connectivity index (χ3n) is 3.64. The number of carbonyl (C=O) groups is 1. The number of aromatic nitrogens is 2. The van der Waals surface area contributed by atoms with Gasteiger partial charge in [-0.15, -0.1) is 0 Å². The first-order chi connectivity index (χ1) is 11.6. The predicted molar refractivity (Wildman–Crippen MR) is 92.6 cm³/mol. The van der Waals surface area contributed by atoms with Crippen LogP contribution in [0.1, 0.15) is 21.6 Å². The first-order valence-corrected chi connectivity index (χ1v) is 7.61. The van der Waals surface area contributed by atoms with Crippen LogP contribution in [0.3, 0.4) is 0 Å². The normalized spacial score (nSPS) is 10.4. The summed E-state index contributed by atoms with van der Waals surface area (Å²) in [7, 11) is 0. The Labute approximate surface area is 139 Å². The summed E-state index contributed by atoms with van der Waals surface area (Å²) >= 11 is 0. The van der Waals surface area contributed by atoms with E-state index in [-0.39, 0.29) is 18.0 Å². The summed E-state index contributed by atoms with van der Waals surface area (Å²) in [6.45, 7) is 2.24. The van der Waals surface area contributed by atoms with E-state index in [2.05, 4.69) is 21.4 Å². The number of aryl methyl sites for hydroxylation is 1. The Morgan fingerprint density at radius 3 is 2.58 bits per heavy atom. The van der Waals surface area contributed by atoms with E-state index in [1.165, 1.54) is 18.0 Å². The fourth-order valence-electron chi connectivity index (χ4n) is 2.44. The molecule has 0 aliphatic heterocycles. The van der Waals surface area contributed by atoms with Crippen molar-refractivity contribution >= 4 is 5.91 Å². The summed E-state index contributed by atoms with van der Waals surface area (Å²) in [4.78, 5) is 30.0. The number of hydrogen-bond acceptors (Lipinski definition) is 3. The van der Waals surface area contributed by atoms with Crippen molar-refractivity contribution in [3.63, 3.8) is 0 Å². The minimum absolute atomic E-state index is 0.202. The third kappa shape index (κ3) is 3.76. The molecule has 3 rings (SSSR count). The van der Waals surface area contributed by atoms with Gasteiger partial charge in [-0.1, -0.05) is 42.0 Å². The maximum atomic E-state index is 12.3. The Hall–Kier alpha value is -3.21. The maximum Gasteiger partial charge on any atom is 0.251 e. The van der Waals surface area contributed by atoms with Gasteiger partial charge in [-0.05, 0) is 30.2 Å². The number of benzene rings is 2. The molecule has 0 radical (unpaired) electrons. The first kappa shape index (κ1) is 15.7. The van der Waals surface area contributed by atoms with Crippen molar-refractivity contribution in [1.29, 1.82) is 0 Å². The van der Waals surface area contributed by atoms with Gasteiger partial charge in [0.2, 0.25) is 0 Å². The van der Waals surface area contributed by atoms with E-state index < -0.39 is 0 Å². The average Bonchev–Trinajstić information content (AvgIpc) is 2.60. The second-order valence-electron chi connectivity index (χ2n) is 5.54. The quantitative estimate of drug-likeness (QED) is 0.776. The molecule has 2 N–H and O–H groups in total. The lowest BCUT2D eigenvalue weighted by Crippen LogP contribution is -2.24. The SMILES string of the molecule is Cc1cccc(-c2cccc(C(=O)NCc3cc(=O)[nH]cn3)c2)c1. The minimum Gasteiger partial charge on any atom is -0.346 e. The molecular formula is C19H17N3O2. The number of aromatic amines is 1. The summed E-state index contributed by atoms with van der Waals surface area (Å²) in [6.07, 6.45) is 1.32. The van der Waals surface area contributed by atoms with Crippen LogP contribution in [0.4, 0.5) is 0 Å². The molecule has 5 heteroatoms. The Balaban J connectivity index is 1.76. The molecule has 0 saturated carbocycles. The monoisotopic (exact) mass is 319 g/mol. The molecule has 0 atom stereocenters. The van der Waals surface area contributed by atoms with Crippen molar-refractivity contribution in [1.82, 2.24) is 15.3 Å². The summed E-state index contributed by atoms with van der Waals surface area (Å²) in [5.41, 5.74) is 4.07. The first-order valence-electron chi connectivity index (χ1n) is 7.61. The molecule has 2 aromatic carbocycles. The Morgan fingerprint density at radius 1 is 1.08 bits per heavy atom. The fourth-order valence-corrected chi connectivity index (χ4v) is 2.44. The van der Waals surface area contributed by atoms with Gasteiger partial charge in [-0.3, -0.25) is 9.59 Å². The number of rotatable bonds is 4. The zero-order valence-electron chi connectivity index (χ0n) is 13.2. The number of hydrogen-bond donors (Lipinski definition) is 2. The number of carbonyl (C=O) groups excluding carboxylic acids is 1. The largest absolute Gasteiger partial charge is 0.346 e. The number of nitrogens with one attached hydrogen (secondary N) is 2. The number of nitrogens with zero attached hydrogens (tertiary/aromatic N) is 1. The van der Waals surface area contributed by atoms with Crippen LogP contribution in [-0.4, -0.2) is 15.9 Å². The molecule has 0 saturated heterocycles. The van der Waals surface area contributed by atoms with Crippen molar-refractivity contribution in [3.05, 3.63) is 88.1 Å². The van der Waals surface area contributed by atoms with Gasteiger partial charge in [-0.2, -0.15) is 0 Å². The summed E-state index contributed by atoms with van der Waals surface area (Å²) in [5.74, 6) is -0.202. The average molecular weight is 319 g/mol. The van der Waals surface area contributed by atoms with Gasteiger partial charge in [0.15, 0.2) is 0 Å². The van der Waals surface area contributed by atoms with Gasteiger partial charge in [0.1, 0.15) is 0 Å². The summed E-state index contributed by atoms with van der Waals surface area (Å²) in [6, 6.07) is 17.0. The van der Waals surface area contributed by atoms with Crippen LogP contribution in [0, 0.1) is 6.92 Å². The maximum absolute atomic E-state index is 12.3. The molecule has 120 valence electrons. The molecule has 0 aliphatic carbocycles. The van der Waals surface area contributed by atoms with Crippen molar-refractivity contribution in [2.24, 2.45) is 0 Å². The molecule has 0 unspecified atom stereocenters. The predicted octanol–water partition coefficient (Wildman–Crippen LogP) is 2.68. The van der Waals surface area contributed by atoms with E-state index in [9.17, 15) is 9.59 Å². The molecule has 0 bridgehead atoms. The zero-order chi connectivity index (χ0) is 16.9. The highest BCUT2D eigenvalue weighted by atomic mass is 16.1. The highest BCUT2D eigenvalue weighted by Gasteiger charge is 2.08. The van der Waals surface area contributed by atoms with Gasteiger partial charge in [0.05, 0.1) is 18.6 Å². The van der Waals surface area contributed by atoms with Crippen LogP contribution in [0.15, 0.2) is 65.7 Å². The second-order valence-corrected chi connectivity index (χ2v) is 5.54. The molecule has 0 spiro atoms. The van der Waals surface area contributed by atoms with E-state index in [0.717, 1.165) is 11.1 Å². The topological polar surface area (TPSA) is 74.8 Å². The van der Waals surface area contributed by atoms with E-state index in [1.807, 2.05) is 43.3 Å². The standard InChI is InChI=1S/C19H17N3O2/c1-13-4-2-5-14(8-13)15-6-3-7-16(9-15)19(24)20-11-17-10-18(23)22-12-21-17/h2-10,12H,11H2,1H3,(H,20,24)(H,21,22,23). The van der Waals surface area contributed by atoms with E-state index in [0.29, 0.717) is 11.3 Å². The van der Waals surface area contributed by atoms with Crippen molar-refractivity contribution < 1.29 is 4.79 Å².